The summed E-state index contributed by atoms with van der Waals surface area (Å²) in [5, 5.41) is 0. The highest BCUT2D eigenvalue weighted by Gasteiger charge is 2.19. The van der Waals surface area contributed by atoms with E-state index in [9.17, 15) is 14.4 Å². The zero-order valence-electron chi connectivity index (χ0n) is 14.9. The molecule has 1 aromatic heterocycles. The number of nitrogen functional groups attached to an aromatic ring is 1. The van der Waals surface area contributed by atoms with Crippen LogP contribution in [0.5, 0.6) is 0 Å². The molecule has 0 saturated heterocycles. The van der Waals surface area contributed by atoms with Crippen LogP contribution in [0.15, 0.2) is 26.6 Å². The van der Waals surface area contributed by atoms with Gasteiger partial charge in [-0.1, -0.05) is 24.6 Å². The number of carbonyl (C=O) groups excluding carboxylic acids is 1. The molecule has 0 unspecified atom stereocenters. The van der Waals surface area contributed by atoms with E-state index in [-0.39, 0.29) is 22.9 Å². The van der Waals surface area contributed by atoms with Crippen molar-refractivity contribution in [3.05, 3.63) is 55.2 Å². The number of ketones is 1. The molecule has 3 N–H and O–H groups in total. The maximum Gasteiger partial charge on any atom is 0.329 e. The Labute approximate surface area is 150 Å². The summed E-state index contributed by atoms with van der Waals surface area (Å²) in [6, 6.07) is 4.12. The van der Waals surface area contributed by atoms with Crippen LogP contribution in [0.3, 0.4) is 0 Å². The zero-order valence-corrected chi connectivity index (χ0v) is 15.8. The van der Waals surface area contributed by atoms with E-state index < -0.39 is 11.2 Å². The lowest BCUT2D eigenvalue weighted by atomic mass is 10.1. The van der Waals surface area contributed by atoms with Crippen LogP contribution in [0.2, 0.25) is 0 Å². The molecule has 0 fully saturated rings. The molecule has 6 nitrogen and oxygen atoms in total. The predicted octanol–water partition coefficient (Wildman–Crippen LogP) is 2.43. The fraction of sp³-hybridized carbons (Fsp3) is 0.389. The number of aromatic amines is 1. The van der Waals surface area contributed by atoms with Gasteiger partial charge in [0.05, 0.1) is 5.75 Å². The van der Waals surface area contributed by atoms with Gasteiger partial charge in [-0.05, 0) is 38.3 Å². The van der Waals surface area contributed by atoms with Gasteiger partial charge in [0.2, 0.25) is 0 Å². The molecule has 0 spiro atoms. The number of H-pyrrole nitrogens is 1. The molecule has 0 aliphatic carbocycles. The minimum atomic E-state index is -0.724. The molecule has 0 aliphatic rings. The van der Waals surface area contributed by atoms with Crippen molar-refractivity contribution in [2.75, 3.05) is 11.5 Å². The molecule has 134 valence electrons. The molecule has 2 rings (SSSR count). The molecule has 0 amide bonds. The van der Waals surface area contributed by atoms with Gasteiger partial charge in [0.25, 0.3) is 5.56 Å². The van der Waals surface area contributed by atoms with Crippen molar-refractivity contribution in [3.63, 3.8) is 0 Å². The summed E-state index contributed by atoms with van der Waals surface area (Å²) >= 11 is 1.38. The first-order valence-electron chi connectivity index (χ1n) is 8.12. The van der Waals surface area contributed by atoms with Crippen LogP contribution in [0.25, 0.3) is 0 Å². The number of aryl methyl sites for hydroxylation is 3. The van der Waals surface area contributed by atoms with Crippen molar-refractivity contribution >= 4 is 23.4 Å². The van der Waals surface area contributed by atoms with Crippen LogP contribution in [0.4, 0.5) is 5.82 Å². The maximum atomic E-state index is 12.6. The number of rotatable bonds is 6. The first-order chi connectivity index (χ1) is 11.8. The largest absolute Gasteiger partial charge is 0.384 e. The Morgan fingerprint density at radius 3 is 2.36 bits per heavy atom. The number of Topliss-reactive ketones (excluding diaryl/α,β-unsaturated/α-hetero) is 1. The van der Waals surface area contributed by atoms with Crippen LogP contribution >= 0.6 is 11.8 Å². The molecule has 0 atom stereocenters. The second kappa shape index (κ2) is 7.74. The highest BCUT2D eigenvalue weighted by molar-refractivity contribution is 8.00. The molecule has 0 saturated carbocycles. The topological polar surface area (TPSA) is 97.9 Å². The third kappa shape index (κ3) is 4.04. The van der Waals surface area contributed by atoms with Crippen molar-refractivity contribution in [2.24, 2.45) is 0 Å². The molecule has 0 radical (unpaired) electrons. The van der Waals surface area contributed by atoms with E-state index in [2.05, 4.69) is 17.1 Å². The van der Waals surface area contributed by atoms with Crippen molar-refractivity contribution in [1.82, 2.24) is 9.55 Å². The lowest BCUT2D eigenvalue weighted by molar-refractivity contribution is 0.102. The fourth-order valence-corrected chi connectivity index (χ4v) is 3.90. The molecule has 25 heavy (non-hydrogen) atoms. The van der Waals surface area contributed by atoms with E-state index in [1.807, 2.05) is 27.7 Å². The standard InChI is InChI=1S/C18H23N3O3S/c1-5-6-21-16(19)14(17(23)20-18(21)24)13(22)9-25-15-11(3)7-10(2)8-12(15)4/h7-8H,5-6,9,19H2,1-4H3,(H,20,23,24). The van der Waals surface area contributed by atoms with Gasteiger partial charge < -0.3 is 5.73 Å². The van der Waals surface area contributed by atoms with E-state index in [0.29, 0.717) is 13.0 Å². The number of anilines is 1. The number of benzene rings is 1. The molecule has 7 heteroatoms. The molecular weight excluding hydrogens is 338 g/mol. The van der Waals surface area contributed by atoms with Crippen molar-refractivity contribution < 1.29 is 4.79 Å². The van der Waals surface area contributed by atoms with Gasteiger partial charge in [-0.3, -0.25) is 19.1 Å². The lowest BCUT2D eigenvalue weighted by Crippen LogP contribution is -2.36. The Morgan fingerprint density at radius 2 is 1.80 bits per heavy atom. The highest BCUT2D eigenvalue weighted by Crippen LogP contribution is 2.28. The normalized spacial score (nSPS) is 10.9. The van der Waals surface area contributed by atoms with Gasteiger partial charge in [0.1, 0.15) is 11.4 Å². The molecule has 0 aliphatic heterocycles. The summed E-state index contributed by atoms with van der Waals surface area (Å²) in [5.41, 5.74) is 7.84. The van der Waals surface area contributed by atoms with Gasteiger partial charge in [-0.2, -0.15) is 0 Å². The van der Waals surface area contributed by atoms with Gasteiger partial charge in [-0.25, -0.2) is 4.79 Å². The van der Waals surface area contributed by atoms with Gasteiger partial charge >= 0.3 is 5.69 Å². The highest BCUT2D eigenvalue weighted by atomic mass is 32.2. The average Bonchev–Trinajstić information content (AvgIpc) is 2.50. The number of thioether (sulfide) groups is 1. The summed E-state index contributed by atoms with van der Waals surface area (Å²) in [7, 11) is 0. The van der Waals surface area contributed by atoms with Crippen LogP contribution in [0.1, 0.15) is 40.4 Å². The minimum Gasteiger partial charge on any atom is -0.384 e. The number of nitrogens with one attached hydrogen (secondary N) is 1. The third-order valence-corrected chi connectivity index (χ3v) is 5.26. The summed E-state index contributed by atoms with van der Waals surface area (Å²) in [6.45, 7) is 8.25. The van der Waals surface area contributed by atoms with Gasteiger partial charge in [0.15, 0.2) is 5.78 Å². The van der Waals surface area contributed by atoms with Gasteiger partial charge in [-0.15, -0.1) is 11.8 Å². The quantitative estimate of drug-likeness (QED) is 0.608. The smallest absolute Gasteiger partial charge is 0.329 e. The summed E-state index contributed by atoms with van der Waals surface area (Å²) in [4.78, 5) is 39.7. The number of hydrogen-bond acceptors (Lipinski definition) is 5. The summed E-state index contributed by atoms with van der Waals surface area (Å²) in [6.07, 6.45) is 0.667. The number of aromatic nitrogens is 2. The first kappa shape index (κ1) is 19.1. The fourth-order valence-electron chi connectivity index (χ4n) is 2.91. The predicted molar refractivity (Wildman–Crippen MR) is 102 cm³/mol. The lowest BCUT2D eigenvalue weighted by Gasteiger charge is -2.12. The zero-order chi connectivity index (χ0) is 18.7. The van der Waals surface area contributed by atoms with Crippen molar-refractivity contribution in [3.8, 4) is 0 Å². The molecule has 0 bridgehead atoms. The Morgan fingerprint density at radius 1 is 1.20 bits per heavy atom. The summed E-state index contributed by atoms with van der Waals surface area (Å²) in [5.74, 6) is -0.353. The second-order valence-corrected chi connectivity index (χ2v) is 7.10. The Bertz CT molecular complexity index is 905. The van der Waals surface area contributed by atoms with Crippen molar-refractivity contribution in [2.45, 2.75) is 45.6 Å². The average molecular weight is 361 g/mol. The monoisotopic (exact) mass is 361 g/mol. The van der Waals surface area contributed by atoms with E-state index in [0.717, 1.165) is 21.6 Å². The second-order valence-electron chi connectivity index (χ2n) is 6.11. The van der Waals surface area contributed by atoms with E-state index in [1.54, 1.807) is 0 Å². The van der Waals surface area contributed by atoms with Crippen LogP contribution in [0, 0.1) is 20.8 Å². The Balaban J connectivity index is 2.32. The summed E-state index contributed by atoms with van der Waals surface area (Å²) < 4.78 is 1.24. The Hall–Kier alpha value is -2.28. The molecule has 1 aromatic carbocycles. The number of nitrogens with two attached hydrogens (primary N) is 1. The van der Waals surface area contributed by atoms with E-state index in [4.69, 9.17) is 5.73 Å². The molecular formula is C18H23N3O3S. The third-order valence-electron chi connectivity index (χ3n) is 3.92. The van der Waals surface area contributed by atoms with E-state index >= 15 is 0 Å². The Kier molecular flexibility index (Phi) is 5.89. The molecule has 1 heterocycles. The van der Waals surface area contributed by atoms with E-state index in [1.165, 1.54) is 16.3 Å². The van der Waals surface area contributed by atoms with Crippen LogP contribution in [-0.4, -0.2) is 21.1 Å². The van der Waals surface area contributed by atoms with Gasteiger partial charge in [0, 0.05) is 11.4 Å². The number of nitrogens with zero attached hydrogens (tertiary/aromatic N) is 1. The first-order valence-corrected chi connectivity index (χ1v) is 9.11. The maximum absolute atomic E-state index is 12.6. The molecule has 2 aromatic rings. The van der Waals surface area contributed by atoms with Crippen LogP contribution < -0.4 is 17.0 Å². The minimum absolute atomic E-state index is 0.0569. The SMILES string of the molecule is CCCn1c(N)c(C(=O)CSc2c(C)cc(C)cc2C)c(=O)[nH]c1=O. The van der Waals surface area contributed by atoms with Crippen LogP contribution in [-0.2, 0) is 6.54 Å². The number of hydrogen-bond donors (Lipinski definition) is 2. The van der Waals surface area contributed by atoms with Crippen molar-refractivity contribution in [1.29, 1.82) is 0 Å². The number of carbonyl (C=O) groups is 1.